The Bertz CT molecular complexity index is 402. The smallest absolute Gasteiger partial charge is 0.163 e. The van der Waals surface area contributed by atoms with Gasteiger partial charge in [0.05, 0.1) is 0 Å². The van der Waals surface area contributed by atoms with Crippen LogP contribution in [0.3, 0.4) is 0 Å². The van der Waals surface area contributed by atoms with Gasteiger partial charge in [-0.05, 0) is 24.6 Å². The Kier molecular flexibility index (Phi) is 3.49. The lowest BCUT2D eigenvalue weighted by atomic mass is 10.1. The monoisotopic (exact) mass is 213 g/mol. The predicted octanol–water partition coefficient (Wildman–Crippen LogP) is 0.678. The number of carbonyl (C=O) groups is 2. The van der Waals surface area contributed by atoms with E-state index in [9.17, 15) is 23.5 Å². The molecule has 0 saturated heterocycles. The number of Topliss-reactive ketones (excluding diaryl/α,β-unsaturated/α-hetero) is 1. The maximum absolute atomic E-state index is 12.7. The van der Waals surface area contributed by atoms with Crippen molar-refractivity contribution in [2.24, 2.45) is 0 Å². The molecule has 0 N–H and O–H groups in total. The van der Waals surface area contributed by atoms with Gasteiger partial charge in [0.1, 0.15) is 0 Å². The number of carboxylic acids is 1. The van der Waals surface area contributed by atoms with Crippen molar-refractivity contribution in [1.29, 1.82) is 0 Å². The summed E-state index contributed by atoms with van der Waals surface area (Å²) >= 11 is 0. The quantitative estimate of drug-likeness (QED) is 0.691. The molecule has 0 amide bonds. The van der Waals surface area contributed by atoms with Crippen molar-refractivity contribution in [2.75, 3.05) is 0 Å². The van der Waals surface area contributed by atoms with Gasteiger partial charge < -0.3 is 9.90 Å². The molecule has 0 atom stereocenters. The molecular weight excluding hydrogens is 206 g/mol. The number of rotatable bonds is 4. The Labute approximate surface area is 84.3 Å². The molecule has 0 unspecified atom stereocenters. The molecule has 0 spiro atoms. The third-order valence-corrected chi connectivity index (χ3v) is 1.80. The molecule has 0 bridgehead atoms. The Morgan fingerprint density at radius 2 is 1.80 bits per heavy atom. The Hall–Kier alpha value is -1.78. The highest BCUT2D eigenvalue weighted by molar-refractivity contribution is 5.97. The number of ketones is 1. The first kappa shape index (κ1) is 11.3. The van der Waals surface area contributed by atoms with E-state index >= 15 is 0 Å². The number of benzene rings is 1. The van der Waals surface area contributed by atoms with Gasteiger partial charge in [-0.25, -0.2) is 8.78 Å². The average Bonchev–Trinajstić information content (AvgIpc) is 2.18. The van der Waals surface area contributed by atoms with Crippen LogP contribution in [0, 0.1) is 11.6 Å². The fourth-order valence-electron chi connectivity index (χ4n) is 1.03. The lowest BCUT2D eigenvalue weighted by Crippen LogP contribution is -2.22. The standard InChI is InChI=1S/C10H8F2O3/c11-7-2-1-6(5-8(7)12)9(13)3-4-10(14)15/h1-2,5H,3-4H2,(H,14,15)/p-1. The normalized spacial score (nSPS) is 10.0. The van der Waals surface area contributed by atoms with Gasteiger partial charge in [-0.2, -0.15) is 0 Å². The Balaban J connectivity index is 2.74. The fourth-order valence-corrected chi connectivity index (χ4v) is 1.03. The number of halogens is 2. The molecule has 0 radical (unpaired) electrons. The largest absolute Gasteiger partial charge is 0.550 e. The van der Waals surface area contributed by atoms with Gasteiger partial charge in [0, 0.05) is 18.0 Å². The maximum Gasteiger partial charge on any atom is 0.163 e. The van der Waals surface area contributed by atoms with Crippen LogP contribution in [0.4, 0.5) is 8.78 Å². The van der Waals surface area contributed by atoms with Crippen LogP contribution in [0.5, 0.6) is 0 Å². The van der Waals surface area contributed by atoms with Crippen molar-refractivity contribution < 1.29 is 23.5 Å². The summed E-state index contributed by atoms with van der Waals surface area (Å²) in [6.07, 6.45) is -0.717. The summed E-state index contributed by atoms with van der Waals surface area (Å²) < 4.78 is 25.2. The van der Waals surface area contributed by atoms with E-state index in [-0.39, 0.29) is 12.0 Å². The zero-order valence-corrected chi connectivity index (χ0v) is 7.63. The molecule has 0 aliphatic heterocycles. The summed E-state index contributed by atoms with van der Waals surface area (Å²) in [4.78, 5) is 21.3. The molecule has 0 aliphatic rings. The molecule has 80 valence electrons. The van der Waals surface area contributed by atoms with Crippen molar-refractivity contribution >= 4 is 11.8 Å². The summed E-state index contributed by atoms with van der Waals surface area (Å²) in [5.74, 6) is -4.09. The van der Waals surface area contributed by atoms with Crippen molar-refractivity contribution in [2.45, 2.75) is 12.8 Å². The first-order valence-electron chi connectivity index (χ1n) is 4.19. The van der Waals surface area contributed by atoms with Crippen molar-refractivity contribution in [3.8, 4) is 0 Å². The summed E-state index contributed by atoms with van der Waals surface area (Å²) in [7, 11) is 0. The van der Waals surface area contributed by atoms with Crippen LogP contribution in [0.15, 0.2) is 18.2 Å². The third kappa shape index (κ3) is 3.12. The number of hydrogen-bond acceptors (Lipinski definition) is 3. The molecule has 1 aromatic rings. The minimum absolute atomic E-state index is 0.0462. The van der Waals surface area contributed by atoms with E-state index in [1.165, 1.54) is 0 Å². The van der Waals surface area contributed by atoms with E-state index in [2.05, 4.69) is 0 Å². The lowest BCUT2D eigenvalue weighted by Gasteiger charge is -2.02. The molecule has 0 aromatic heterocycles. The van der Waals surface area contributed by atoms with E-state index in [1.54, 1.807) is 0 Å². The summed E-state index contributed by atoms with van der Waals surface area (Å²) in [5, 5.41) is 10.1. The maximum atomic E-state index is 12.7. The van der Waals surface area contributed by atoms with Crippen LogP contribution in [0.2, 0.25) is 0 Å². The zero-order valence-electron chi connectivity index (χ0n) is 7.63. The minimum atomic E-state index is -1.36. The molecule has 15 heavy (non-hydrogen) atoms. The molecule has 1 aromatic carbocycles. The van der Waals surface area contributed by atoms with Crippen LogP contribution in [-0.2, 0) is 4.79 Å². The van der Waals surface area contributed by atoms with Crippen molar-refractivity contribution in [3.63, 3.8) is 0 Å². The second-order valence-corrected chi connectivity index (χ2v) is 2.92. The van der Waals surface area contributed by atoms with Gasteiger partial charge in [-0.15, -0.1) is 0 Å². The van der Waals surface area contributed by atoms with E-state index < -0.39 is 29.8 Å². The van der Waals surface area contributed by atoms with Crippen molar-refractivity contribution in [1.82, 2.24) is 0 Å². The van der Waals surface area contributed by atoms with Crippen LogP contribution < -0.4 is 5.11 Å². The van der Waals surface area contributed by atoms with Crippen molar-refractivity contribution in [3.05, 3.63) is 35.4 Å². The summed E-state index contributed by atoms with van der Waals surface area (Å²) in [6, 6.07) is 2.67. The van der Waals surface area contributed by atoms with Crippen LogP contribution in [-0.4, -0.2) is 11.8 Å². The molecule has 5 heteroatoms. The van der Waals surface area contributed by atoms with Crippen LogP contribution in [0.1, 0.15) is 23.2 Å². The second kappa shape index (κ2) is 4.63. The summed E-state index contributed by atoms with van der Waals surface area (Å²) in [5.41, 5.74) is -0.0462. The molecule has 3 nitrogen and oxygen atoms in total. The van der Waals surface area contributed by atoms with E-state index in [0.717, 1.165) is 18.2 Å². The lowest BCUT2D eigenvalue weighted by molar-refractivity contribution is -0.305. The predicted molar refractivity (Wildman–Crippen MR) is 44.9 cm³/mol. The van der Waals surface area contributed by atoms with Crippen LogP contribution >= 0.6 is 0 Å². The van der Waals surface area contributed by atoms with E-state index in [4.69, 9.17) is 0 Å². The van der Waals surface area contributed by atoms with E-state index in [0.29, 0.717) is 0 Å². The van der Waals surface area contributed by atoms with Crippen LogP contribution in [0.25, 0.3) is 0 Å². The molecule has 0 fully saturated rings. The topological polar surface area (TPSA) is 57.2 Å². The molecule has 0 heterocycles. The molecule has 0 saturated carbocycles. The first-order valence-corrected chi connectivity index (χ1v) is 4.19. The first-order chi connectivity index (χ1) is 7.00. The number of carbonyl (C=O) groups excluding carboxylic acids is 2. The van der Waals surface area contributed by atoms with Gasteiger partial charge in [0.2, 0.25) is 0 Å². The highest BCUT2D eigenvalue weighted by atomic mass is 19.2. The SMILES string of the molecule is O=C([O-])CCC(=O)c1ccc(F)c(F)c1. The van der Waals surface area contributed by atoms with Gasteiger partial charge >= 0.3 is 0 Å². The zero-order chi connectivity index (χ0) is 11.4. The summed E-state index contributed by atoms with van der Waals surface area (Å²) in [6.45, 7) is 0. The van der Waals surface area contributed by atoms with Gasteiger partial charge in [0.25, 0.3) is 0 Å². The van der Waals surface area contributed by atoms with Gasteiger partial charge in [0.15, 0.2) is 17.4 Å². The highest BCUT2D eigenvalue weighted by Gasteiger charge is 2.09. The van der Waals surface area contributed by atoms with Gasteiger partial charge in [-0.3, -0.25) is 4.79 Å². The molecular formula is C10H7F2O3-. The van der Waals surface area contributed by atoms with E-state index in [1.807, 2.05) is 0 Å². The molecule has 1 rings (SSSR count). The molecule has 0 aliphatic carbocycles. The highest BCUT2D eigenvalue weighted by Crippen LogP contribution is 2.11. The number of aliphatic carboxylic acids is 1. The third-order valence-electron chi connectivity index (χ3n) is 1.80. The Morgan fingerprint density at radius 1 is 1.13 bits per heavy atom. The second-order valence-electron chi connectivity index (χ2n) is 2.92. The average molecular weight is 213 g/mol. The number of hydrogen-bond donors (Lipinski definition) is 0. The minimum Gasteiger partial charge on any atom is -0.550 e. The fraction of sp³-hybridized carbons (Fsp3) is 0.200. The van der Waals surface area contributed by atoms with Gasteiger partial charge in [-0.1, -0.05) is 0 Å². The number of carboxylic acid groups (broad SMARTS) is 1. The Morgan fingerprint density at radius 3 is 2.33 bits per heavy atom.